The molecule has 216 valence electrons. The minimum absolute atomic E-state index is 0. The van der Waals surface area contributed by atoms with Crippen molar-refractivity contribution >= 4 is 24.8 Å². The SMILES string of the molecule is Cl.Cl.c1ccc(CCN2C(c3ccccc3)CC(NCc3ccccc3)C(c3ccccc3)C2c2ccccc2)cc1. The molecule has 5 aromatic carbocycles. The smallest absolute Gasteiger partial charge is 0.0437 e. The van der Waals surface area contributed by atoms with Gasteiger partial charge >= 0.3 is 0 Å². The molecule has 0 aliphatic carbocycles. The van der Waals surface area contributed by atoms with E-state index in [1.54, 1.807) is 0 Å². The summed E-state index contributed by atoms with van der Waals surface area (Å²) in [5.41, 5.74) is 6.90. The zero-order valence-electron chi connectivity index (χ0n) is 23.8. The Morgan fingerprint density at radius 2 is 0.976 bits per heavy atom. The van der Waals surface area contributed by atoms with Crippen molar-refractivity contribution in [2.45, 2.75) is 43.4 Å². The molecule has 0 bridgehead atoms. The Balaban J connectivity index is 0.00000202. The van der Waals surface area contributed by atoms with Crippen LogP contribution in [0.15, 0.2) is 152 Å². The van der Waals surface area contributed by atoms with E-state index >= 15 is 0 Å². The normalized spacial score (nSPS) is 20.2. The fraction of sp³-hybridized carbons (Fsp3) is 0.211. The highest BCUT2D eigenvalue weighted by Gasteiger charge is 2.44. The Morgan fingerprint density at radius 1 is 0.524 bits per heavy atom. The molecule has 4 unspecified atom stereocenters. The molecule has 4 atom stereocenters. The number of nitrogens with zero attached hydrogens (tertiary/aromatic N) is 1. The van der Waals surface area contributed by atoms with Crippen molar-refractivity contribution in [1.29, 1.82) is 0 Å². The second-order valence-electron chi connectivity index (χ2n) is 10.9. The van der Waals surface area contributed by atoms with Crippen LogP contribution in [-0.2, 0) is 13.0 Å². The molecule has 42 heavy (non-hydrogen) atoms. The molecule has 0 saturated carbocycles. The molecule has 1 fully saturated rings. The lowest BCUT2D eigenvalue weighted by atomic mass is 9.73. The standard InChI is InChI=1S/C38H38N2.2ClH/c1-6-16-30(17-7-1)26-27-40-36(32-20-10-3-11-21-32)28-35(39-29-31-18-8-2-9-19-31)37(33-22-12-4-13-23-33)38(40)34-24-14-5-15-25-34;;/h1-25,35-39H,26-29H2;2*1H. The third-order valence-electron chi connectivity index (χ3n) is 8.43. The summed E-state index contributed by atoms with van der Waals surface area (Å²) in [5.74, 6) is 0.308. The fourth-order valence-corrected chi connectivity index (χ4v) is 6.54. The van der Waals surface area contributed by atoms with Crippen molar-refractivity contribution in [2.75, 3.05) is 6.54 Å². The van der Waals surface area contributed by atoms with Crippen molar-refractivity contribution in [3.63, 3.8) is 0 Å². The van der Waals surface area contributed by atoms with Crippen LogP contribution in [0, 0.1) is 0 Å². The molecule has 1 heterocycles. The summed E-state index contributed by atoms with van der Waals surface area (Å²) in [4.78, 5) is 2.80. The predicted molar refractivity (Wildman–Crippen MR) is 181 cm³/mol. The van der Waals surface area contributed by atoms with E-state index in [2.05, 4.69) is 162 Å². The van der Waals surface area contributed by atoms with E-state index in [4.69, 9.17) is 0 Å². The number of rotatable bonds is 9. The van der Waals surface area contributed by atoms with E-state index < -0.39 is 0 Å². The van der Waals surface area contributed by atoms with Gasteiger partial charge in [-0.25, -0.2) is 0 Å². The average Bonchev–Trinajstić information content (AvgIpc) is 3.04. The molecule has 1 N–H and O–H groups in total. The van der Waals surface area contributed by atoms with Gasteiger partial charge in [0.25, 0.3) is 0 Å². The monoisotopic (exact) mass is 594 g/mol. The van der Waals surface area contributed by atoms with E-state index in [9.17, 15) is 0 Å². The highest BCUT2D eigenvalue weighted by molar-refractivity contribution is 5.85. The Hall–Kier alpha value is -3.40. The van der Waals surface area contributed by atoms with E-state index in [1.807, 2.05) is 0 Å². The predicted octanol–water partition coefficient (Wildman–Crippen LogP) is 9.20. The van der Waals surface area contributed by atoms with Crippen LogP contribution in [0.4, 0.5) is 0 Å². The summed E-state index contributed by atoms with van der Waals surface area (Å²) in [5, 5.41) is 4.05. The number of hydrogen-bond donors (Lipinski definition) is 1. The van der Waals surface area contributed by atoms with Gasteiger partial charge in [0, 0.05) is 37.1 Å². The van der Waals surface area contributed by atoms with E-state index in [1.165, 1.54) is 27.8 Å². The van der Waals surface area contributed by atoms with E-state index in [0.717, 1.165) is 25.9 Å². The van der Waals surface area contributed by atoms with Crippen LogP contribution in [0.5, 0.6) is 0 Å². The second-order valence-corrected chi connectivity index (χ2v) is 10.9. The summed E-state index contributed by atoms with van der Waals surface area (Å²) < 4.78 is 0. The summed E-state index contributed by atoms with van der Waals surface area (Å²) in [6, 6.07) is 56.2. The molecular weight excluding hydrogens is 555 g/mol. The third-order valence-corrected chi connectivity index (χ3v) is 8.43. The van der Waals surface area contributed by atoms with Gasteiger partial charge in [-0.05, 0) is 40.7 Å². The quantitative estimate of drug-likeness (QED) is 0.183. The summed E-state index contributed by atoms with van der Waals surface area (Å²) >= 11 is 0. The Morgan fingerprint density at radius 3 is 1.52 bits per heavy atom. The highest BCUT2D eigenvalue weighted by Crippen LogP contribution is 2.49. The van der Waals surface area contributed by atoms with Gasteiger partial charge in [-0.1, -0.05) is 152 Å². The van der Waals surface area contributed by atoms with Gasteiger partial charge in [0.15, 0.2) is 0 Å². The van der Waals surface area contributed by atoms with Gasteiger partial charge in [0.1, 0.15) is 0 Å². The minimum atomic E-state index is 0. The Labute approximate surface area is 263 Å². The molecule has 1 aliphatic heterocycles. The molecule has 6 rings (SSSR count). The molecule has 0 amide bonds. The first-order chi connectivity index (χ1) is 19.9. The number of piperidine rings is 1. The van der Waals surface area contributed by atoms with Crippen molar-refractivity contribution in [1.82, 2.24) is 10.2 Å². The molecule has 1 saturated heterocycles. The summed E-state index contributed by atoms with van der Waals surface area (Å²) in [6.07, 6.45) is 2.08. The van der Waals surface area contributed by atoms with Gasteiger partial charge in [-0.15, -0.1) is 24.8 Å². The molecule has 5 aromatic rings. The van der Waals surface area contributed by atoms with Crippen molar-refractivity contribution < 1.29 is 0 Å². The average molecular weight is 596 g/mol. The zero-order chi connectivity index (χ0) is 27.0. The first-order valence-corrected chi connectivity index (χ1v) is 14.6. The molecule has 1 aliphatic rings. The van der Waals surface area contributed by atoms with Crippen LogP contribution < -0.4 is 5.32 Å². The van der Waals surface area contributed by atoms with Crippen LogP contribution in [0.3, 0.4) is 0 Å². The first kappa shape index (κ1) is 31.5. The number of likely N-dealkylation sites (tertiary alicyclic amines) is 1. The maximum Gasteiger partial charge on any atom is 0.0437 e. The summed E-state index contributed by atoms with van der Waals surface area (Å²) in [7, 11) is 0. The Bertz CT molecular complexity index is 1430. The first-order valence-electron chi connectivity index (χ1n) is 14.6. The Kier molecular flexibility index (Phi) is 11.8. The number of nitrogens with one attached hydrogen (secondary N) is 1. The maximum absolute atomic E-state index is 4.05. The van der Waals surface area contributed by atoms with E-state index in [-0.39, 0.29) is 30.9 Å². The molecule has 2 nitrogen and oxygen atoms in total. The second kappa shape index (κ2) is 15.7. The third kappa shape index (κ3) is 7.51. The van der Waals surface area contributed by atoms with Crippen LogP contribution in [0.25, 0.3) is 0 Å². The molecule has 0 aromatic heterocycles. The zero-order valence-corrected chi connectivity index (χ0v) is 25.5. The lowest BCUT2D eigenvalue weighted by Crippen LogP contribution is -2.51. The number of hydrogen-bond acceptors (Lipinski definition) is 2. The fourth-order valence-electron chi connectivity index (χ4n) is 6.54. The van der Waals surface area contributed by atoms with Crippen molar-refractivity contribution in [2.24, 2.45) is 0 Å². The molecule has 0 radical (unpaired) electrons. The number of halogens is 2. The van der Waals surface area contributed by atoms with Crippen LogP contribution in [0.1, 0.15) is 52.2 Å². The van der Waals surface area contributed by atoms with Gasteiger partial charge in [-0.3, -0.25) is 4.90 Å². The molecular formula is C38H40Cl2N2. The van der Waals surface area contributed by atoms with Crippen LogP contribution in [0.2, 0.25) is 0 Å². The lowest BCUT2D eigenvalue weighted by molar-refractivity contribution is 0.0429. The maximum atomic E-state index is 4.05. The summed E-state index contributed by atoms with van der Waals surface area (Å²) in [6.45, 7) is 1.86. The van der Waals surface area contributed by atoms with E-state index in [0.29, 0.717) is 18.0 Å². The molecule has 0 spiro atoms. The number of benzene rings is 5. The topological polar surface area (TPSA) is 15.3 Å². The van der Waals surface area contributed by atoms with Gasteiger partial charge in [0.05, 0.1) is 0 Å². The highest BCUT2D eigenvalue weighted by atomic mass is 35.5. The lowest BCUT2D eigenvalue weighted by Gasteiger charge is -2.51. The van der Waals surface area contributed by atoms with Gasteiger partial charge < -0.3 is 5.32 Å². The van der Waals surface area contributed by atoms with Crippen LogP contribution >= 0.6 is 24.8 Å². The van der Waals surface area contributed by atoms with Gasteiger partial charge in [-0.2, -0.15) is 0 Å². The van der Waals surface area contributed by atoms with Crippen molar-refractivity contribution in [3.05, 3.63) is 179 Å². The van der Waals surface area contributed by atoms with Gasteiger partial charge in [0.2, 0.25) is 0 Å². The van der Waals surface area contributed by atoms with Crippen molar-refractivity contribution in [3.8, 4) is 0 Å². The minimum Gasteiger partial charge on any atom is -0.309 e. The van der Waals surface area contributed by atoms with Crippen LogP contribution in [-0.4, -0.2) is 17.5 Å². The largest absolute Gasteiger partial charge is 0.309 e. The molecule has 4 heteroatoms.